The normalized spacial score (nSPS) is 11.0. The lowest BCUT2D eigenvalue weighted by atomic mass is 10.1. The van der Waals surface area contributed by atoms with E-state index in [0.29, 0.717) is 5.56 Å². The number of aromatic nitrogens is 5. The summed E-state index contributed by atoms with van der Waals surface area (Å²) in [6.07, 6.45) is 5.17. The van der Waals surface area contributed by atoms with Crippen LogP contribution in [0.5, 0.6) is 0 Å². The molecule has 0 aliphatic rings. The third-order valence-corrected chi connectivity index (χ3v) is 3.62. The topological polar surface area (TPSA) is 111 Å². The van der Waals surface area contributed by atoms with Crippen molar-refractivity contribution in [2.24, 2.45) is 0 Å². The molecule has 0 spiro atoms. The third-order valence-electron chi connectivity index (χ3n) is 3.62. The fraction of sp³-hybridized carbons (Fsp3) is 0. The number of anilines is 1. The van der Waals surface area contributed by atoms with E-state index in [4.69, 9.17) is 5.73 Å². The first-order chi connectivity index (χ1) is 11.6. The number of para-hydroxylation sites is 1. The van der Waals surface area contributed by atoms with Crippen LogP contribution in [0, 0.1) is 0 Å². The van der Waals surface area contributed by atoms with E-state index in [-0.39, 0.29) is 17.2 Å². The fourth-order valence-electron chi connectivity index (χ4n) is 2.51. The van der Waals surface area contributed by atoms with E-state index in [1.54, 1.807) is 17.1 Å². The molecule has 3 N–H and O–H groups in total. The largest absolute Gasteiger partial charge is 0.478 e. The van der Waals surface area contributed by atoms with Crippen LogP contribution < -0.4 is 5.73 Å². The van der Waals surface area contributed by atoms with Crippen molar-refractivity contribution in [3.05, 3.63) is 60.6 Å². The molecule has 1 aromatic carbocycles. The fourth-order valence-corrected chi connectivity index (χ4v) is 2.51. The molecule has 8 nitrogen and oxygen atoms in total. The minimum atomic E-state index is -1.09. The molecular formula is C16H12N6O2. The quantitative estimate of drug-likeness (QED) is 0.596. The number of nitrogens with zero attached hydrogens (tertiary/aromatic N) is 5. The summed E-state index contributed by atoms with van der Waals surface area (Å²) in [5, 5.41) is 17.7. The molecule has 0 amide bonds. The zero-order valence-electron chi connectivity index (χ0n) is 12.4. The number of carboxylic acids is 1. The van der Waals surface area contributed by atoms with Gasteiger partial charge in [0.05, 0.1) is 11.9 Å². The van der Waals surface area contributed by atoms with Crippen molar-refractivity contribution in [1.82, 2.24) is 24.4 Å². The molecule has 8 heteroatoms. The maximum absolute atomic E-state index is 11.5. The van der Waals surface area contributed by atoms with Gasteiger partial charge >= 0.3 is 5.97 Å². The predicted molar refractivity (Wildman–Crippen MR) is 86.9 cm³/mol. The lowest BCUT2D eigenvalue weighted by Crippen LogP contribution is -2.02. The number of rotatable bonds is 3. The van der Waals surface area contributed by atoms with Crippen LogP contribution in [0.25, 0.3) is 22.5 Å². The van der Waals surface area contributed by atoms with Crippen molar-refractivity contribution in [1.29, 1.82) is 0 Å². The molecule has 3 aromatic heterocycles. The number of aromatic carboxylic acids is 1. The predicted octanol–water partition coefficient (Wildman–Crippen LogP) is 1.86. The summed E-state index contributed by atoms with van der Waals surface area (Å²) in [6.45, 7) is 0. The molecule has 0 aliphatic carbocycles. The molecule has 4 aromatic rings. The smallest absolute Gasteiger partial charge is 0.339 e. The summed E-state index contributed by atoms with van der Waals surface area (Å²) in [5.74, 6) is -1.07. The Bertz CT molecular complexity index is 1050. The van der Waals surface area contributed by atoms with Crippen molar-refractivity contribution in [2.75, 3.05) is 5.73 Å². The van der Waals surface area contributed by atoms with Crippen LogP contribution in [0.3, 0.4) is 0 Å². The van der Waals surface area contributed by atoms with Gasteiger partial charge in [0.1, 0.15) is 5.56 Å². The maximum Gasteiger partial charge on any atom is 0.339 e. The molecule has 0 unspecified atom stereocenters. The Morgan fingerprint density at radius 1 is 1.12 bits per heavy atom. The van der Waals surface area contributed by atoms with Crippen LogP contribution in [0.15, 0.2) is 55.0 Å². The van der Waals surface area contributed by atoms with Crippen LogP contribution in [0.2, 0.25) is 0 Å². The highest BCUT2D eigenvalue weighted by atomic mass is 16.4. The Kier molecular flexibility index (Phi) is 3.02. The molecule has 118 valence electrons. The Hall–Kier alpha value is -3.68. The number of nitrogens with two attached hydrogens (primary N) is 1. The second kappa shape index (κ2) is 5.20. The van der Waals surface area contributed by atoms with Gasteiger partial charge in [-0.25, -0.2) is 14.0 Å². The molecular weight excluding hydrogens is 308 g/mol. The summed E-state index contributed by atoms with van der Waals surface area (Å²) in [6, 6.07) is 11.2. The van der Waals surface area contributed by atoms with Crippen molar-refractivity contribution in [3.8, 4) is 16.8 Å². The summed E-state index contributed by atoms with van der Waals surface area (Å²) in [5.41, 5.74) is 8.15. The molecule has 4 rings (SSSR count). The minimum Gasteiger partial charge on any atom is -0.478 e. The zero-order chi connectivity index (χ0) is 16.7. The van der Waals surface area contributed by atoms with Gasteiger partial charge in [0, 0.05) is 23.5 Å². The van der Waals surface area contributed by atoms with Crippen LogP contribution in [0.1, 0.15) is 10.4 Å². The summed E-state index contributed by atoms with van der Waals surface area (Å²) in [7, 11) is 0. The molecule has 0 saturated heterocycles. The molecule has 0 radical (unpaired) electrons. The highest BCUT2D eigenvalue weighted by Gasteiger charge is 2.16. The maximum atomic E-state index is 11.5. The van der Waals surface area contributed by atoms with Crippen LogP contribution in [0.4, 0.5) is 5.95 Å². The highest BCUT2D eigenvalue weighted by molar-refractivity contribution is 5.96. The number of nitrogen functional groups attached to an aromatic ring is 1. The van der Waals surface area contributed by atoms with Gasteiger partial charge in [0.25, 0.3) is 0 Å². The van der Waals surface area contributed by atoms with E-state index < -0.39 is 5.97 Å². The monoisotopic (exact) mass is 320 g/mol. The van der Waals surface area contributed by atoms with Crippen molar-refractivity contribution in [3.63, 3.8) is 0 Å². The van der Waals surface area contributed by atoms with E-state index in [1.807, 2.05) is 36.5 Å². The van der Waals surface area contributed by atoms with Crippen molar-refractivity contribution >= 4 is 17.6 Å². The lowest BCUT2D eigenvalue weighted by molar-refractivity contribution is 0.0698. The van der Waals surface area contributed by atoms with Gasteiger partial charge in [0.15, 0.2) is 5.65 Å². The van der Waals surface area contributed by atoms with Crippen molar-refractivity contribution < 1.29 is 9.90 Å². The van der Waals surface area contributed by atoms with Crippen molar-refractivity contribution in [2.45, 2.75) is 0 Å². The van der Waals surface area contributed by atoms with E-state index in [9.17, 15) is 9.90 Å². The number of carbonyl (C=O) groups is 1. The molecule has 0 aliphatic heterocycles. The minimum absolute atomic E-state index is 0.0228. The molecule has 0 bridgehead atoms. The van der Waals surface area contributed by atoms with Gasteiger partial charge in [0.2, 0.25) is 5.95 Å². The first kappa shape index (κ1) is 13.9. The standard InChI is InChI=1S/C16H12N6O2/c17-16-19-14-13(15(23)24)6-10(8-22(14)20-16)11-7-18-21(9-11)12-4-2-1-3-5-12/h1-9H,(H2,17,20)(H,23,24). The van der Waals surface area contributed by atoms with Gasteiger partial charge in [-0.05, 0) is 18.2 Å². The summed E-state index contributed by atoms with van der Waals surface area (Å²) < 4.78 is 3.09. The second-order valence-electron chi connectivity index (χ2n) is 5.19. The first-order valence-corrected chi connectivity index (χ1v) is 7.11. The highest BCUT2D eigenvalue weighted by Crippen LogP contribution is 2.23. The van der Waals surface area contributed by atoms with E-state index in [2.05, 4.69) is 15.2 Å². The van der Waals surface area contributed by atoms with Gasteiger partial charge in [-0.1, -0.05) is 18.2 Å². The average Bonchev–Trinajstić information content (AvgIpc) is 3.20. The van der Waals surface area contributed by atoms with Gasteiger partial charge in [-0.3, -0.25) is 0 Å². The SMILES string of the molecule is Nc1nc2c(C(=O)O)cc(-c3cnn(-c4ccccc4)c3)cn2n1. The number of hydrogen-bond donors (Lipinski definition) is 2. The number of pyridine rings is 1. The number of benzene rings is 1. The van der Waals surface area contributed by atoms with E-state index >= 15 is 0 Å². The van der Waals surface area contributed by atoms with E-state index in [1.165, 1.54) is 10.6 Å². The first-order valence-electron chi connectivity index (χ1n) is 7.11. The number of hydrogen-bond acceptors (Lipinski definition) is 5. The average molecular weight is 320 g/mol. The number of carboxylic acid groups (broad SMARTS) is 1. The van der Waals surface area contributed by atoms with Crippen LogP contribution in [-0.4, -0.2) is 35.5 Å². The Morgan fingerprint density at radius 3 is 2.67 bits per heavy atom. The summed E-state index contributed by atoms with van der Waals surface area (Å²) in [4.78, 5) is 15.4. The van der Waals surface area contributed by atoms with Gasteiger partial charge in [-0.15, -0.1) is 5.10 Å². The van der Waals surface area contributed by atoms with Gasteiger partial charge < -0.3 is 10.8 Å². The molecule has 24 heavy (non-hydrogen) atoms. The molecule has 0 saturated carbocycles. The van der Waals surface area contributed by atoms with Crippen LogP contribution in [-0.2, 0) is 0 Å². The molecule has 3 heterocycles. The lowest BCUT2D eigenvalue weighted by Gasteiger charge is -2.03. The van der Waals surface area contributed by atoms with Crippen LogP contribution >= 0.6 is 0 Å². The molecule has 0 atom stereocenters. The second-order valence-corrected chi connectivity index (χ2v) is 5.19. The van der Waals surface area contributed by atoms with Gasteiger partial charge in [-0.2, -0.15) is 10.1 Å². The number of fused-ring (bicyclic) bond motifs is 1. The molecule has 0 fully saturated rings. The Morgan fingerprint density at radius 2 is 1.92 bits per heavy atom. The zero-order valence-corrected chi connectivity index (χ0v) is 12.4. The summed E-state index contributed by atoms with van der Waals surface area (Å²) >= 11 is 0. The Labute approximate surface area is 135 Å². The van der Waals surface area contributed by atoms with E-state index in [0.717, 1.165) is 11.3 Å². The third kappa shape index (κ3) is 2.26. The Balaban J connectivity index is 1.85.